The minimum atomic E-state index is 0.278. The molecule has 146 valence electrons. The predicted molar refractivity (Wildman–Crippen MR) is 112 cm³/mol. The van der Waals surface area contributed by atoms with E-state index in [0.29, 0.717) is 12.1 Å². The first-order valence-corrected chi connectivity index (χ1v) is 8.82. The van der Waals surface area contributed by atoms with Gasteiger partial charge in [0.2, 0.25) is 6.41 Å². The molecule has 1 aromatic carbocycles. The molecule has 0 saturated carbocycles. The Morgan fingerprint density at radius 2 is 1.79 bits per heavy atom. The molecule has 7 nitrogen and oxygen atoms in total. The van der Waals surface area contributed by atoms with Crippen LogP contribution >= 0.6 is 0 Å². The lowest BCUT2D eigenvalue weighted by atomic mass is 10.1. The number of allylic oxidation sites excluding steroid dienone is 3. The third-order valence-corrected chi connectivity index (χ3v) is 4.11. The predicted octanol–water partition coefficient (Wildman–Crippen LogP) is 2.72. The van der Waals surface area contributed by atoms with Crippen LogP contribution in [0, 0.1) is 20.8 Å². The molecule has 0 aliphatic rings. The lowest BCUT2D eigenvalue weighted by Crippen LogP contribution is -2.17. The van der Waals surface area contributed by atoms with Gasteiger partial charge in [0.15, 0.2) is 5.65 Å². The highest BCUT2D eigenvalue weighted by Gasteiger charge is 2.08. The number of imidazole rings is 1. The van der Waals surface area contributed by atoms with E-state index in [1.165, 1.54) is 17.2 Å². The van der Waals surface area contributed by atoms with Crippen LogP contribution in [0.25, 0.3) is 16.9 Å². The van der Waals surface area contributed by atoms with Crippen molar-refractivity contribution in [3.63, 3.8) is 0 Å². The van der Waals surface area contributed by atoms with E-state index in [4.69, 9.17) is 11.5 Å². The normalized spacial score (nSPS) is 11.7. The minimum Gasteiger partial charge on any atom is -0.402 e. The van der Waals surface area contributed by atoms with E-state index in [1.54, 1.807) is 13.0 Å². The number of amides is 1. The lowest BCUT2D eigenvalue weighted by molar-refractivity contribution is -0.108. The molecular weight excluding hydrogens is 352 g/mol. The Labute approximate surface area is 164 Å². The van der Waals surface area contributed by atoms with Gasteiger partial charge in [-0.1, -0.05) is 24.3 Å². The summed E-state index contributed by atoms with van der Waals surface area (Å²) in [6.45, 7) is 7.89. The zero-order valence-electron chi connectivity index (χ0n) is 16.6. The van der Waals surface area contributed by atoms with Gasteiger partial charge in [-0.05, 0) is 57.5 Å². The van der Waals surface area contributed by atoms with E-state index in [2.05, 4.69) is 34.5 Å². The number of nitrogens with one attached hydrogen (secondary N) is 1. The fourth-order valence-electron chi connectivity index (χ4n) is 2.50. The maximum absolute atomic E-state index is 9.78. The van der Waals surface area contributed by atoms with Gasteiger partial charge >= 0.3 is 0 Å². The molecule has 28 heavy (non-hydrogen) atoms. The number of fused-ring (bicyclic) bond motifs is 1. The van der Waals surface area contributed by atoms with Crippen LogP contribution in [0.3, 0.4) is 0 Å². The number of aromatic nitrogens is 3. The minimum absolute atomic E-state index is 0.278. The summed E-state index contributed by atoms with van der Waals surface area (Å²) in [5.41, 5.74) is 17.6. The molecule has 3 rings (SSSR count). The molecule has 0 saturated heterocycles. The summed E-state index contributed by atoms with van der Waals surface area (Å²) in [4.78, 5) is 14.2. The smallest absolute Gasteiger partial charge is 0.212 e. The van der Waals surface area contributed by atoms with E-state index < -0.39 is 0 Å². The van der Waals surface area contributed by atoms with Crippen LogP contribution in [0.15, 0.2) is 60.1 Å². The number of carbonyl (C=O) groups is 1. The maximum Gasteiger partial charge on any atom is 0.212 e. The third kappa shape index (κ3) is 5.20. The molecule has 3 aromatic rings. The quantitative estimate of drug-likeness (QED) is 0.477. The van der Waals surface area contributed by atoms with Crippen LogP contribution in [-0.4, -0.2) is 21.0 Å². The Morgan fingerprint density at radius 3 is 2.43 bits per heavy atom. The highest BCUT2D eigenvalue weighted by molar-refractivity contribution is 5.64. The summed E-state index contributed by atoms with van der Waals surface area (Å²) in [5.74, 6) is 0.278. The van der Waals surface area contributed by atoms with Gasteiger partial charge in [0.1, 0.15) is 5.82 Å². The van der Waals surface area contributed by atoms with Crippen LogP contribution in [0.4, 0.5) is 0 Å². The van der Waals surface area contributed by atoms with Gasteiger partial charge in [-0.15, -0.1) is 0 Å². The third-order valence-electron chi connectivity index (χ3n) is 4.11. The Morgan fingerprint density at radius 1 is 1.07 bits per heavy atom. The molecular formula is C21H26N6O. The van der Waals surface area contributed by atoms with Crippen molar-refractivity contribution in [2.24, 2.45) is 11.5 Å². The van der Waals surface area contributed by atoms with Gasteiger partial charge < -0.3 is 16.8 Å². The van der Waals surface area contributed by atoms with E-state index in [1.807, 2.05) is 42.6 Å². The van der Waals surface area contributed by atoms with Gasteiger partial charge in [-0.25, -0.2) is 9.50 Å². The van der Waals surface area contributed by atoms with Gasteiger partial charge in [0.05, 0.1) is 17.1 Å². The molecule has 0 bridgehead atoms. The molecule has 0 aliphatic carbocycles. The Kier molecular flexibility index (Phi) is 6.92. The number of aryl methyl sites for hydroxylation is 3. The van der Waals surface area contributed by atoms with Crippen molar-refractivity contribution in [3.8, 4) is 11.3 Å². The van der Waals surface area contributed by atoms with Crippen molar-refractivity contribution < 1.29 is 4.79 Å². The second kappa shape index (κ2) is 9.36. The second-order valence-corrected chi connectivity index (χ2v) is 6.38. The SMILES string of the molecule is C/C(N)=C/C=C(\N)NC=O.Cc1ccccc1-c1ccc2nc(C)c(C)n2n1. The molecule has 0 radical (unpaired) electrons. The number of rotatable bonds is 4. The number of hydrogen-bond donors (Lipinski definition) is 3. The first-order chi connectivity index (χ1) is 13.3. The van der Waals surface area contributed by atoms with Crippen molar-refractivity contribution in [2.45, 2.75) is 27.7 Å². The molecule has 0 aliphatic heterocycles. The van der Waals surface area contributed by atoms with Crippen molar-refractivity contribution in [1.29, 1.82) is 0 Å². The molecule has 5 N–H and O–H groups in total. The number of nitrogens with two attached hydrogens (primary N) is 2. The van der Waals surface area contributed by atoms with Gasteiger partial charge in [0, 0.05) is 11.3 Å². The van der Waals surface area contributed by atoms with Crippen LogP contribution in [-0.2, 0) is 4.79 Å². The topological polar surface area (TPSA) is 111 Å². The fourth-order valence-corrected chi connectivity index (χ4v) is 2.50. The first kappa shape index (κ1) is 20.7. The monoisotopic (exact) mass is 378 g/mol. The lowest BCUT2D eigenvalue weighted by Gasteiger charge is -2.05. The molecule has 0 atom stereocenters. The summed E-state index contributed by atoms with van der Waals surface area (Å²) < 4.78 is 1.91. The van der Waals surface area contributed by atoms with Crippen molar-refractivity contribution in [3.05, 3.63) is 77.0 Å². The van der Waals surface area contributed by atoms with Gasteiger partial charge in [-0.2, -0.15) is 5.10 Å². The van der Waals surface area contributed by atoms with Crippen LogP contribution in [0.1, 0.15) is 23.9 Å². The molecule has 2 heterocycles. The number of hydrogen-bond acceptors (Lipinski definition) is 5. The Hall–Kier alpha value is -3.61. The molecule has 2 aromatic heterocycles. The zero-order chi connectivity index (χ0) is 20.7. The summed E-state index contributed by atoms with van der Waals surface area (Å²) in [5, 5.41) is 6.94. The summed E-state index contributed by atoms with van der Waals surface area (Å²) in [7, 11) is 0. The number of carbonyl (C=O) groups excluding carboxylic acids is 1. The molecule has 1 amide bonds. The molecule has 0 fully saturated rings. The second-order valence-electron chi connectivity index (χ2n) is 6.38. The maximum atomic E-state index is 9.78. The van der Waals surface area contributed by atoms with Gasteiger partial charge in [0.25, 0.3) is 0 Å². The van der Waals surface area contributed by atoms with Crippen LogP contribution in [0.2, 0.25) is 0 Å². The average molecular weight is 378 g/mol. The largest absolute Gasteiger partial charge is 0.402 e. The highest BCUT2D eigenvalue weighted by atomic mass is 16.1. The van der Waals surface area contributed by atoms with Crippen LogP contribution < -0.4 is 16.8 Å². The average Bonchev–Trinajstić information content (AvgIpc) is 2.95. The first-order valence-electron chi connectivity index (χ1n) is 8.82. The standard InChI is InChI=1S/C15H15N3.C6H11N3O/c1-10-6-4-5-7-13(10)14-8-9-15-16-11(2)12(3)18(15)17-14;1-5(7)2-3-6(8)9-4-10/h4-9H,1-3H3;2-4H,7-8H2,1H3,(H,9,10)/b;5-2-,6-3+. The van der Waals surface area contributed by atoms with Crippen molar-refractivity contribution in [2.75, 3.05) is 0 Å². The summed E-state index contributed by atoms with van der Waals surface area (Å²) in [6, 6.07) is 12.3. The van der Waals surface area contributed by atoms with E-state index in [9.17, 15) is 4.79 Å². The van der Waals surface area contributed by atoms with Gasteiger partial charge in [-0.3, -0.25) is 4.79 Å². The molecule has 0 spiro atoms. The Bertz CT molecular complexity index is 1030. The van der Waals surface area contributed by atoms with Crippen molar-refractivity contribution in [1.82, 2.24) is 19.9 Å². The van der Waals surface area contributed by atoms with E-state index in [0.717, 1.165) is 22.7 Å². The fraction of sp³-hybridized carbons (Fsp3) is 0.190. The number of benzene rings is 1. The summed E-state index contributed by atoms with van der Waals surface area (Å²) in [6.07, 6.45) is 3.63. The van der Waals surface area contributed by atoms with Crippen molar-refractivity contribution >= 4 is 12.1 Å². The Balaban J connectivity index is 0.000000242. The number of nitrogens with zero attached hydrogens (tertiary/aromatic N) is 3. The van der Waals surface area contributed by atoms with E-state index >= 15 is 0 Å². The summed E-state index contributed by atoms with van der Waals surface area (Å²) >= 11 is 0. The highest BCUT2D eigenvalue weighted by Crippen LogP contribution is 2.21. The van der Waals surface area contributed by atoms with E-state index in [-0.39, 0.29) is 5.82 Å². The van der Waals surface area contributed by atoms with Crippen LogP contribution in [0.5, 0.6) is 0 Å². The molecule has 7 heteroatoms. The molecule has 0 unspecified atom stereocenters. The zero-order valence-corrected chi connectivity index (χ0v) is 16.6.